The molecule has 1 nitrogen and oxygen atoms in total. The van der Waals surface area contributed by atoms with Crippen molar-refractivity contribution in [3.8, 4) is 0 Å². The second-order valence-electron chi connectivity index (χ2n) is 6.00. The van der Waals surface area contributed by atoms with Crippen molar-refractivity contribution in [2.45, 2.75) is 64.9 Å². The molecule has 5 atom stereocenters. The molecule has 0 aromatic heterocycles. The highest BCUT2D eigenvalue weighted by Gasteiger charge is 2.40. The fourth-order valence-corrected chi connectivity index (χ4v) is 3.86. The van der Waals surface area contributed by atoms with E-state index in [1.807, 2.05) is 0 Å². The number of hydrogen-bond donors (Lipinski definition) is 1. The number of rotatable bonds is 5. The molecule has 0 amide bonds. The third-order valence-corrected chi connectivity index (χ3v) is 4.83. The molecule has 0 spiro atoms. The highest BCUT2D eigenvalue weighted by Crippen LogP contribution is 2.50. The predicted molar refractivity (Wildman–Crippen MR) is 63.6 cm³/mol. The van der Waals surface area contributed by atoms with Crippen LogP contribution < -0.4 is 0 Å². The molecule has 0 heterocycles. The molecule has 2 bridgehead atoms. The Morgan fingerprint density at radius 3 is 2.60 bits per heavy atom. The van der Waals surface area contributed by atoms with E-state index in [1.54, 1.807) is 0 Å². The second kappa shape index (κ2) is 4.86. The van der Waals surface area contributed by atoms with E-state index in [0.29, 0.717) is 5.92 Å². The normalized spacial score (nSPS) is 38.2. The molecular formula is C14H26O. The summed E-state index contributed by atoms with van der Waals surface area (Å²) in [6, 6.07) is 0. The molecule has 88 valence electrons. The quantitative estimate of drug-likeness (QED) is 0.735. The molecular weight excluding hydrogens is 184 g/mol. The summed E-state index contributed by atoms with van der Waals surface area (Å²) in [7, 11) is 0. The molecule has 0 aromatic rings. The Hall–Kier alpha value is -0.0400. The summed E-state index contributed by atoms with van der Waals surface area (Å²) < 4.78 is 0. The van der Waals surface area contributed by atoms with Crippen LogP contribution in [0, 0.1) is 23.7 Å². The Balaban J connectivity index is 1.77. The molecule has 0 aliphatic heterocycles. The minimum atomic E-state index is -0.0331. The third kappa shape index (κ3) is 2.55. The fraction of sp³-hybridized carbons (Fsp3) is 1.00. The largest absolute Gasteiger partial charge is 0.393 e. The van der Waals surface area contributed by atoms with E-state index in [4.69, 9.17) is 0 Å². The molecule has 2 rings (SSSR count). The lowest BCUT2D eigenvalue weighted by Gasteiger charge is -2.27. The summed E-state index contributed by atoms with van der Waals surface area (Å²) in [5.41, 5.74) is 0. The van der Waals surface area contributed by atoms with Crippen LogP contribution >= 0.6 is 0 Å². The maximum atomic E-state index is 10.1. The van der Waals surface area contributed by atoms with E-state index in [1.165, 1.54) is 38.5 Å². The van der Waals surface area contributed by atoms with Crippen LogP contribution in [0.4, 0.5) is 0 Å². The van der Waals surface area contributed by atoms with E-state index >= 15 is 0 Å². The van der Waals surface area contributed by atoms with Crippen molar-refractivity contribution < 1.29 is 5.11 Å². The molecule has 15 heavy (non-hydrogen) atoms. The van der Waals surface area contributed by atoms with Gasteiger partial charge in [-0.15, -0.1) is 0 Å². The van der Waals surface area contributed by atoms with Gasteiger partial charge in [0.15, 0.2) is 0 Å². The van der Waals surface area contributed by atoms with Gasteiger partial charge in [-0.25, -0.2) is 0 Å². The molecule has 0 radical (unpaired) electrons. The van der Waals surface area contributed by atoms with Crippen LogP contribution in [0.2, 0.25) is 0 Å². The lowest BCUT2D eigenvalue weighted by Crippen LogP contribution is -2.24. The van der Waals surface area contributed by atoms with Gasteiger partial charge in [0.1, 0.15) is 0 Å². The summed E-state index contributed by atoms with van der Waals surface area (Å²) >= 11 is 0. The maximum Gasteiger partial charge on any atom is 0.0568 e. The van der Waals surface area contributed by atoms with Crippen molar-refractivity contribution >= 4 is 0 Å². The minimum absolute atomic E-state index is 0.0331. The Kier molecular flexibility index (Phi) is 3.71. The number of hydrogen-bond acceptors (Lipinski definition) is 1. The van der Waals surface area contributed by atoms with Crippen LogP contribution in [0.5, 0.6) is 0 Å². The van der Waals surface area contributed by atoms with Gasteiger partial charge in [0, 0.05) is 0 Å². The first-order valence-corrected chi connectivity index (χ1v) is 6.88. The van der Waals surface area contributed by atoms with Gasteiger partial charge < -0.3 is 5.11 Å². The molecule has 2 saturated carbocycles. The zero-order valence-electron chi connectivity index (χ0n) is 10.3. The first-order valence-electron chi connectivity index (χ1n) is 6.88. The zero-order valence-corrected chi connectivity index (χ0v) is 10.3. The van der Waals surface area contributed by atoms with Crippen LogP contribution in [-0.2, 0) is 0 Å². The summed E-state index contributed by atoms with van der Waals surface area (Å²) in [6.07, 6.45) is 9.25. The molecule has 1 heteroatoms. The van der Waals surface area contributed by atoms with Gasteiger partial charge in [0.05, 0.1) is 6.10 Å². The van der Waals surface area contributed by atoms with Gasteiger partial charge in [0.25, 0.3) is 0 Å². The molecule has 0 aromatic carbocycles. The van der Waals surface area contributed by atoms with Crippen molar-refractivity contribution in [1.29, 1.82) is 0 Å². The van der Waals surface area contributed by atoms with Crippen LogP contribution in [0.15, 0.2) is 0 Å². The number of fused-ring (bicyclic) bond motifs is 2. The lowest BCUT2D eigenvalue weighted by molar-refractivity contribution is 0.0736. The number of aliphatic hydroxyl groups excluding tert-OH is 1. The van der Waals surface area contributed by atoms with Crippen molar-refractivity contribution in [1.82, 2.24) is 0 Å². The molecule has 2 aliphatic carbocycles. The average molecular weight is 210 g/mol. The van der Waals surface area contributed by atoms with E-state index in [0.717, 1.165) is 24.2 Å². The van der Waals surface area contributed by atoms with Gasteiger partial charge in [-0.1, -0.05) is 26.7 Å². The highest BCUT2D eigenvalue weighted by molar-refractivity contribution is 4.91. The van der Waals surface area contributed by atoms with Crippen molar-refractivity contribution in [3.63, 3.8) is 0 Å². The maximum absolute atomic E-state index is 10.1. The van der Waals surface area contributed by atoms with Gasteiger partial charge in [-0.3, -0.25) is 0 Å². The summed E-state index contributed by atoms with van der Waals surface area (Å²) in [6.45, 7) is 4.42. The lowest BCUT2D eigenvalue weighted by atomic mass is 9.82. The third-order valence-electron chi connectivity index (χ3n) is 4.83. The van der Waals surface area contributed by atoms with Crippen molar-refractivity contribution in [2.24, 2.45) is 23.7 Å². The first kappa shape index (κ1) is 11.4. The summed E-state index contributed by atoms with van der Waals surface area (Å²) in [5.74, 6) is 3.36. The van der Waals surface area contributed by atoms with Gasteiger partial charge in [-0.2, -0.15) is 0 Å². The zero-order chi connectivity index (χ0) is 10.8. The van der Waals surface area contributed by atoms with Crippen LogP contribution in [-0.4, -0.2) is 11.2 Å². The van der Waals surface area contributed by atoms with Crippen molar-refractivity contribution in [2.75, 3.05) is 0 Å². The smallest absolute Gasteiger partial charge is 0.0568 e. The molecule has 2 fully saturated rings. The van der Waals surface area contributed by atoms with E-state index in [-0.39, 0.29) is 6.10 Å². The topological polar surface area (TPSA) is 20.2 Å². The van der Waals surface area contributed by atoms with Crippen LogP contribution in [0.25, 0.3) is 0 Å². The summed E-state index contributed by atoms with van der Waals surface area (Å²) in [5, 5.41) is 10.1. The Labute approximate surface area is 94.3 Å². The van der Waals surface area contributed by atoms with Gasteiger partial charge in [0.2, 0.25) is 0 Å². The average Bonchev–Trinajstić information content (AvgIpc) is 2.79. The Bertz CT molecular complexity index is 202. The standard InChI is InChI=1S/C14H26O/c1-3-4-10(2)14(15)9-13-8-11-5-6-12(13)7-11/h10-15H,3-9H2,1-2H3. The summed E-state index contributed by atoms with van der Waals surface area (Å²) in [4.78, 5) is 0. The second-order valence-corrected chi connectivity index (χ2v) is 6.00. The molecule has 2 aliphatic rings. The van der Waals surface area contributed by atoms with Gasteiger partial charge >= 0.3 is 0 Å². The number of aliphatic hydroxyl groups is 1. The van der Waals surface area contributed by atoms with E-state index in [9.17, 15) is 5.11 Å². The van der Waals surface area contributed by atoms with Crippen molar-refractivity contribution in [3.05, 3.63) is 0 Å². The highest BCUT2D eigenvalue weighted by atomic mass is 16.3. The predicted octanol–water partition coefficient (Wildman–Crippen LogP) is 3.61. The van der Waals surface area contributed by atoms with E-state index in [2.05, 4.69) is 13.8 Å². The first-order chi connectivity index (χ1) is 7.20. The Morgan fingerprint density at radius 1 is 1.27 bits per heavy atom. The molecule has 1 N–H and O–H groups in total. The SMILES string of the molecule is CCCC(C)C(O)CC1CC2CCC1C2. The molecule has 0 saturated heterocycles. The van der Waals surface area contributed by atoms with Crippen LogP contribution in [0.1, 0.15) is 58.8 Å². The van der Waals surface area contributed by atoms with Gasteiger partial charge in [-0.05, 0) is 55.8 Å². The minimum Gasteiger partial charge on any atom is -0.393 e. The van der Waals surface area contributed by atoms with Crippen LogP contribution in [0.3, 0.4) is 0 Å². The monoisotopic (exact) mass is 210 g/mol. The Morgan fingerprint density at radius 2 is 2.07 bits per heavy atom. The fourth-order valence-electron chi connectivity index (χ4n) is 3.86. The molecule has 5 unspecified atom stereocenters. The van der Waals surface area contributed by atoms with E-state index < -0.39 is 0 Å².